The number of carbonyl (C=O) groups excluding carboxylic acids is 3. The summed E-state index contributed by atoms with van der Waals surface area (Å²) >= 11 is 0. The van der Waals surface area contributed by atoms with Gasteiger partial charge >= 0.3 is 5.97 Å². The molecule has 0 saturated carbocycles. The Bertz CT molecular complexity index is 643. The number of amides is 2. The molecule has 0 unspecified atom stereocenters. The molecule has 0 aliphatic carbocycles. The number of benzene rings is 1. The number of rotatable bonds is 8. The SMILES string of the molecule is C=C(C)C[C@@H](NC(=O)[C@@H](Cc1ccc(F)cc1)NC(C)=O)C(=O)OC. The smallest absolute Gasteiger partial charge is 0.328 e. The van der Waals surface area contributed by atoms with Crippen molar-refractivity contribution < 1.29 is 23.5 Å². The molecule has 0 aliphatic heterocycles. The van der Waals surface area contributed by atoms with E-state index in [2.05, 4.69) is 21.9 Å². The lowest BCUT2D eigenvalue weighted by Crippen LogP contribution is -2.52. The van der Waals surface area contributed by atoms with Crippen molar-refractivity contribution in [1.82, 2.24) is 10.6 Å². The topological polar surface area (TPSA) is 84.5 Å². The highest BCUT2D eigenvalue weighted by Gasteiger charge is 2.27. The van der Waals surface area contributed by atoms with Crippen LogP contribution in [0.3, 0.4) is 0 Å². The van der Waals surface area contributed by atoms with Crippen molar-refractivity contribution in [2.45, 2.75) is 38.8 Å². The van der Waals surface area contributed by atoms with Crippen LogP contribution in [0, 0.1) is 5.82 Å². The minimum Gasteiger partial charge on any atom is -0.467 e. The number of carbonyl (C=O) groups is 3. The molecule has 25 heavy (non-hydrogen) atoms. The van der Waals surface area contributed by atoms with Crippen molar-refractivity contribution in [1.29, 1.82) is 0 Å². The van der Waals surface area contributed by atoms with Crippen molar-refractivity contribution >= 4 is 17.8 Å². The van der Waals surface area contributed by atoms with Crippen LogP contribution in [0.5, 0.6) is 0 Å². The van der Waals surface area contributed by atoms with Crippen LogP contribution in [-0.2, 0) is 25.5 Å². The van der Waals surface area contributed by atoms with Gasteiger partial charge in [0.15, 0.2) is 0 Å². The first-order valence-electron chi connectivity index (χ1n) is 7.77. The second-order valence-corrected chi connectivity index (χ2v) is 5.83. The fourth-order valence-corrected chi connectivity index (χ4v) is 2.27. The summed E-state index contributed by atoms with van der Waals surface area (Å²) in [6.07, 6.45) is 0.383. The summed E-state index contributed by atoms with van der Waals surface area (Å²) < 4.78 is 17.7. The fraction of sp³-hybridized carbons (Fsp3) is 0.389. The van der Waals surface area contributed by atoms with E-state index in [4.69, 9.17) is 0 Å². The van der Waals surface area contributed by atoms with Gasteiger partial charge in [-0.1, -0.05) is 17.7 Å². The Kier molecular flexibility index (Phi) is 7.78. The van der Waals surface area contributed by atoms with Crippen molar-refractivity contribution in [2.75, 3.05) is 7.11 Å². The van der Waals surface area contributed by atoms with Gasteiger partial charge < -0.3 is 15.4 Å². The predicted octanol–water partition coefficient (Wildman–Crippen LogP) is 1.50. The third-order valence-electron chi connectivity index (χ3n) is 3.40. The van der Waals surface area contributed by atoms with Gasteiger partial charge in [0, 0.05) is 13.3 Å². The van der Waals surface area contributed by atoms with Crippen molar-refractivity contribution in [3.8, 4) is 0 Å². The zero-order valence-corrected chi connectivity index (χ0v) is 14.6. The van der Waals surface area contributed by atoms with Crippen LogP contribution in [0.25, 0.3) is 0 Å². The van der Waals surface area contributed by atoms with E-state index in [0.717, 1.165) is 0 Å². The van der Waals surface area contributed by atoms with E-state index in [1.54, 1.807) is 6.92 Å². The maximum Gasteiger partial charge on any atom is 0.328 e. The molecular weight excluding hydrogens is 327 g/mol. The van der Waals surface area contributed by atoms with Crippen LogP contribution < -0.4 is 10.6 Å². The van der Waals surface area contributed by atoms with Crippen molar-refractivity contribution in [3.05, 3.63) is 47.8 Å². The molecule has 0 radical (unpaired) electrons. The summed E-state index contributed by atoms with van der Waals surface area (Å²) in [6, 6.07) is 3.82. The number of esters is 1. The molecule has 0 spiro atoms. The number of hydrogen-bond acceptors (Lipinski definition) is 4. The second kappa shape index (κ2) is 9.56. The van der Waals surface area contributed by atoms with Gasteiger partial charge in [-0.25, -0.2) is 9.18 Å². The Labute approximate surface area is 146 Å². The highest BCUT2D eigenvalue weighted by Crippen LogP contribution is 2.08. The molecule has 7 heteroatoms. The Morgan fingerprint density at radius 3 is 2.20 bits per heavy atom. The second-order valence-electron chi connectivity index (χ2n) is 5.83. The highest BCUT2D eigenvalue weighted by molar-refractivity contribution is 5.90. The normalized spacial score (nSPS) is 12.6. The van der Waals surface area contributed by atoms with E-state index >= 15 is 0 Å². The Morgan fingerprint density at radius 2 is 1.72 bits per heavy atom. The molecule has 2 amide bonds. The van der Waals surface area contributed by atoms with Crippen LogP contribution >= 0.6 is 0 Å². The van der Waals surface area contributed by atoms with E-state index in [-0.39, 0.29) is 12.8 Å². The minimum atomic E-state index is -0.903. The van der Waals surface area contributed by atoms with E-state index in [0.29, 0.717) is 11.1 Å². The monoisotopic (exact) mass is 350 g/mol. The van der Waals surface area contributed by atoms with Gasteiger partial charge in [0.05, 0.1) is 7.11 Å². The molecule has 0 heterocycles. The molecular formula is C18H23FN2O4. The number of nitrogens with one attached hydrogen (secondary N) is 2. The van der Waals surface area contributed by atoms with Crippen molar-refractivity contribution in [2.24, 2.45) is 0 Å². The average Bonchev–Trinajstić information content (AvgIpc) is 2.54. The first-order chi connectivity index (χ1) is 11.7. The molecule has 0 saturated heterocycles. The number of methoxy groups -OCH3 is 1. The van der Waals surface area contributed by atoms with E-state index < -0.39 is 35.7 Å². The molecule has 1 rings (SSSR count). The van der Waals surface area contributed by atoms with E-state index in [1.807, 2.05) is 0 Å². The van der Waals surface area contributed by atoms with Crippen LogP contribution in [0.4, 0.5) is 4.39 Å². The lowest BCUT2D eigenvalue weighted by atomic mass is 10.0. The summed E-state index contributed by atoms with van der Waals surface area (Å²) in [4.78, 5) is 35.7. The van der Waals surface area contributed by atoms with Crippen LogP contribution in [0.2, 0.25) is 0 Å². The summed E-state index contributed by atoms with van der Waals surface area (Å²) in [5.41, 5.74) is 1.37. The summed E-state index contributed by atoms with van der Waals surface area (Å²) in [5.74, 6) is -1.91. The zero-order valence-electron chi connectivity index (χ0n) is 14.6. The van der Waals surface area contributed by atoms with Crippen LogP contribution in [0.15, 0.2) is 36.4 Å². The Morgan fingerprint density at radius 1 is 1.12 bits per heavy atom. The third-order valence-corrected chi connectivity index (χ3v) is 3.40. The molecule has 0 bridgehead atoms. The lowest BCUT2D eigenvalue weighted by molar-refractivity contribution is -0.145. The van der Waals surface area contributed by atoms with Gasteiger partial charge in [-0.15, -0.1) is 6.58 Å². The van der Waals surface area contributed by atoms with Crippen LogP contribution in [0.1, 0.15) is 25.8 Å². The molecule has 1 aromatic carbocycles. The van der Waals surface area contributed by atoms with Gasteiger partial charge in [0.2, 0.25) is 11.8 Å². The summed E-state index contributed by atoms with van der Waals surface area (Å²) in [7, 11) is 1.23. The van der Waals surface area contributed by atoms with Gasteiger partial charge in [-0.2, -0.15) is 0 Å². The van der Waals surface area contributed by atoms with Crippen molar-refractivity contribution in [3.63, 3.8) is 0 Å². The molecule has 2 N–H and O–H groups in total. The molecule has 2 atom stereocenters. The minimum absolute atomic E-state index is 0.159. The first kappa shape index (κ1) is 20.3. The fourth-order valence-electron chi connectivity index (χ4n) is 2.27. The van der Waals surface area contributed by atoms with Gasteiger partial charge in [-0.3, -0.25) is 9.59 Å². The van der Waals surface area contributed by atoms with Gasteiger partial charge in [-0.05, 0) is 31.0 Å². The molecule has 0 aromatic heterocycles. The number of hydrogen-bond donors (Lipinski definition) is 2. The Hall–Kier alpha value is -2.70. The summed E-state index contributed by atoms with van der Waals surface area (Å²) in [5, 5.41) is 5.11. The standard InChI is InChI=1S/C18H23FN2O4/c1-11(2)9-16(18(24)25-4)21-17(23)15(20-12(3)22)10-13-5-7-14(19)8-6-13/h5-8,15-16H,1,9-10H2,2-4H3,(H,20,22)(H,21,23)/t15-,16-/m1/s1. The Balaban J connectivity index is 2.90. The number of halogens is 1. The molecule has 1 aromatic rings. The molecule has 0 fully saturated rings. The predicted molar refractivity (Wildman–Crippen MR) is 91.1 cm³/mol. The van der Waals surface area contributed by atoms with E-state index in [1.165, 1.54) is 38.3 Å². The molecule has 136 valence electrons. The van der Waals surface area contributed by atoms with E-state index in [9.17, 15) is 18.8 Å². The molecule has 6 nitrogen and oxygen atoms in total. The van der Waals surface area contributed by atoms with Gasteiger partial charge in [0.1, 0.15) is 17.9 Å². The number of ether oxygens (including phenoxy) is 1. The quantitative estimate of drug-likeness (QED) is 0.550. The third kappa shape index (κ3) is 7.15. The zero-order chi connectivity index (χ0) is 19.0. The largest absolute Gasteiger partial charge is 0.467 e. The maximum absolute atomic E-state index is 13.0. The lowest BCUT2D eigenvalue weighted by Gasteiger charge is -2.22. The van der Waals surface area contributed by atoms with Gasteiger partial charge in [0.25, 0.3) is 0 Å². The van der Waals surface area contributed by atoms with Crippen LogP contribution in [-0.4, -0.2) is 37.0 Å². The maximum atomic E-state index is 13.0. The first-order valence-corrected chi connectivity index (χ1v) is 7.77. The highest BCUT2D eigenvalue weighted by atomic mass is 19.1. The average molecular weight is 350 g/mol. The molecule has 0 aliphatic rings. The summed E-state index contributed by atoms with van der Waals surface area (Å²) in [6.45, 7) is 6.74.